The second kappa shape index (κ2) is 4.97. The van der Waals surface area contributed by atoms with Gasteiger partial charge in [0.2, 0.25) is 5.91 Å². The van der Waals surface area contributed by atoms with Crippen LogP contribution >= 0.6 is 0 Å². The third kappa shape index (κ3) is 2.94. The fourth-order valence-corrected chi connectivity index (χ4v) is 2.21. The maximum atomic E-state index is 12.0. The van der Waals surface area contributed by atoms with Gasteiger partial charge in [-0.1, -0.05) is 20.8 Å². The maximum Gasteiger partial charge on any atom is 0.226 e. The number of hydrogen-bond acceptors (Lipinski definition) is 2. The first kappa shape index (κ1) is 12.5. The van der Waals surface area contributed by atoms with Gasteiger partial charge in [0.15, 0.2) is 0 Å². The molecule has 0 spiro atoms. The van der Waals surface area contributed by atoms with Gasteiger partial charge in [-0.15, -0.1) is 0 Å². The Balaban J connectivity index is 2.50. The van der Waals surface area contributed by atoms with E-state index in [1.54, 1.807) is 0 Å². The molecule has 3 nitrogen and oxygen atoms in total. The normalized spacial score (nSPS) is 28.1. The summed E-state index contributed by atoms with van der Waals surface area (Å²) < 4.78 is 0. The Morgan fingerprint density at radius 2 is 2.27 bits per heavy atom. The van der Waals surface area contributed by atoms with Crippen LogP contribution in [0.1, 0.15) is 33.6 Å². The van der Waals surface area contributed by atoms with Crippen LogP contribution < -0.4 is 5.32 Å². The fourth-order valence-electron chi connectivity index (χ4n) is 2.21. The number of carbonyl (C=O) groups excluding carboxylic acids is 1. The summed E-state index contributed by atoms with van der Waals surface area (Å²) in [5.41, 5.74) is 0.356. The topological polar surface area (TPSA) is 32.3 Å². The van der Waals surface area contributed by atoms with Crippen LogP contribution in [0.2, 0.25) is 0 Å². The van der Waals surface area contributed by atoms with Crippen LogP contribution in [0.25, 0.3) is 0 Å². The van der Waals surface area contributed by atoms with Crippen molar-refractivity contribution in [3.8, 4) is 0 Å². The van der Waals surface area contributed by atoms with E-state index in [1.165, 1.54) is 0 Å². The second-order valence-corrected chi connectivity index (χ2v) is 5.13. The van der Waals surface area contributed by atoms with Crippen LogP contribution in [0.4, 0.5) is 0 Å². The summed E-state index contributed by atoms with van der Waals surface area (Å²) in [6.45, 7) is 9.15. The zero-order valence-corrected chi connectivity index (χ0v) is 10.5. The molecular weight excluding hydrogens is 188 g/mol. The third-order valence-corrected chi connectivity index (χ3v) is 3.65. The Labute approximate surface area is 93.2 Å². The van der Waals surface area contributed by atoms with Gasteiger partial charge in [-0.25, -0.2) is 0 Å². The molecule has 0 radical (unpaired) electrons. The molecule has 88 valence electrons. The van der Waals surface area contributed by atoms with Crippen LogP contribution in [0.3, 0.4) is 0 Å². The number of rotatable bonds is 4. The standard InChI is InChI=1S/C12H24N2O/c1-5-12(3)6-7-14(9-12)11(15)10(2)8-13-4/h10,13H,5-9H2,1-4H3. The summed E-state index contributed by atoms with van der Waals surface area (Å²) in [6, 6.07) is 0. The molecular formula is C12H24N2O. The highest BCUT2D eigenvalue weighted by Gasteiger charge is 2.35. The lowest BCUT2D eigenvalue weighted by Crippen LogP contribution is -2.38. The molecule has 2 unspecified atom stereocenters. The molecule has 1 rings (SSSR count). The van der Waals surface area contributed by atoms with Crippen molar-refractivity contribution < 1.29 is 4.79 Å². The average molecular weight is 212 g/mol. The van der Waals surface area contributed by atoms with E-state index >= 15 is 0 Å². The Bertz CT molecular complexity index is 230. The first-order valence-corrected chi connectivity index (χ1v) is 5.96. The quantitative estimate of drug-likeness (QED) is 0.766. The minimum atomic E-state index is 0.106. The number of amides is 1. The van der Waals surface area contributed by atoms with Crippen molar-refractivity contribution in [1.29, 1.82) is 0 Å². The summed E-state index contributed by atoms with van der Waals surface area (Å²) in [5, 5.41) is 3.06. The molecule has 1 heterocycles. The van der Waals surface area contributed by atoms with Crippen LogP contribution in [-0.2, 0) is 4.79 Å². The molecule has 3 heteroatoms. The molecule has 0 saturated carbocycles. The van der Waals surface area contributed by atoms with Gasteiger partial charge in [0.25, 0.3) is 0 Å². The third-order valence-electron chi connectivity index (χ3n) is 3.65. The lowest BCUT2D eigenvalue weighted by molar-refractivity contribution is -0.134. The van der Waals surface area contributed by atoms with E-state index in [4.69, 9.17) is 0 Å². The highest BCUT2D eigenvalue weighted by molar-refractivity contribution is 5.79. The zero-order chi connectivity index (χ0) is 11.5. The Hall–Kier alpha value is -0.570. The number of nitrogens with one attached hydrogen (secondary N) is 1. The van der Waals surface area contributed by atoms with Crippen LogP contribution in [0.5, 0.6) is 0 Å². The molecule has 2 atom stereocenters. The molecule has 1 N–H and O–H groups in total. The van der Waals surface area contributed by atoms with E-state index in [9.17, 15) is 4.79 Å². The molecule has 1 saturated heterocycles. The van der Waals surface area contributed by atoms with Crippen LogP contribution in [-0.4, -0.2) is 37.5 Å². The molecule has 0 bridgehead atoms. The SMILES string of the molecule is CCC1(C)CCN(C(=O)C(C)CNC)C1. The number of nitrogens with zero attached hydrogens (tertiary/aromatic N) is 1. The van der Waals surface area contributed by atoms with Crippen molar-refractivity contribution in [2.75, 3.05) is 26.7 Å². The Morgan fingerprint density at radius 3 is 2.73 bits per heavy atom. The lowest BCUT2D eigenvalue weighted by atomic mass is 9.87. The summed E-state index contributed by atoms with van der Waals surface area (Å²) in [7, 11) is 1.89. The number of carbonyl (C=O) groups is 1. The predicted molar refractivity (Wildman–Crippen MR) is 62.7 cm³/mol. The molecule has 15 heavy (non-hydrogen) atoms. The Morgan fingerprint density at radius 1 is 1.60 bits per heavy atom. The second-order valence-electron chi connectivity index (χ2n) is 5.13. The van der Waals surface area contributed by atoms with Crippen molar-refractivity contribution in [2.24, 2.45) is 11.3 Å². The number of hydrogen-bond donors (Lipinski definition) is 1. The van der Waals surface area contributed by atoms with E-state index in [1.807, 2.05) is 18.9 Å². The van der Waals surface area contributed by atoms with Gasteiger partial charge in [0.1, 0.15) is 0 Å². The fraction of sp³-hybridized carbons (Fsp3) is 0.917. The summed E-state index contributed by atoms with van der Waals surface area (Å²) >= 11 is 0. The van der Waals surface area contributed by atoms with Crippen molar-refractivity contribution in [3.05, 3.63) is 0 Å². The Kier molecular flexibility index (Phi) is 4.14. The van der Waals surface area contributed by atoms with E-state index in [-0.39, 0.29) is 5.92 Å². The van der Waals surface area contributed by atoms with E-state index < -0.39 is 0 Å². The van der Waals surface area contributed by atoms with E-state index in [0.717, 1.165) is 32.5 Å². The molecule has 0 aliphatic carbocycles. The lowest BCUT2D eigenvalue weighted by Gasteiger charge is -2.24. The van der Waals surface area contributed by atoms with Gasteiger partial charge < -0.3 is 10.2 Å². The number of likely N-dealkylation sites (tertiary alicyclic amines) is 1. The first-order valence-electron chi connectivity index (χ1n) is 5.96. The summed E-state index contributed by atoms with van der Waals surface area (Å²) in [5.74, 6) is 0.413. The van der Waals surface area contributed by atoms with Gasteiger partial charge in [-0.3, -0.25) is 4.79 Å². The largest absolute Gasteiger partial charge is 0.342 e. The smallest absolute Gasteiger partial charge is 0.226 e. The van der Waals surface area contributed by atoms with Crippen LogP contribution in [0.15, 0.2) is 0 Å². The molecule has 1 aliphatic rings. The highest BCUT2D eigenvalue weighted by Crippen LogP contribution is 2.33. The van der Waals surface area contributed by atoms with Crippen molar-refractivity contribution in [3.63, 3.8) is 0 Å². The zero-order valence-electron chi connectivity index (χ0n) is 10.5. The maximum absolute atomic E-state index is 12.0. The molecule has 1 aliphatic heterocycles. The summed E-state index contributed by atoms with van der Waals surface area (Å²) in [6.07, 6.45) is 2.32. The van der Waals surface area contributed by atoms with Gasteiger partial charge in [-0.2, -0.15) is 0 Å². The van der Waals surface area contributed by atoms with E-state index in [0.29, 0.717) is 11.3 Å². The average Bonchev–Trinajstić information content (AvgIpc) is 2.61. The van der Waals surface area contributed by atoms with Gasteiger partial charge in [0, 0.05) is 25.6 Å². The van der Waals surface area contributed by atoms with Gasteiger partial charge in [0.05, 0.1) is 0 Å². The minimum Gasteiger partial charge on any atom is -0.342 e. The molecule has 0 aromatic rings. The highest BCUT2D eigenvalue weighted by atomic mass is 16.2. The van der Waals surface area contributed by atoms with Gasteiger partial charge >= 0.3 is 0 Å². The summed E-state index contributed by atoms with van der Waals surface area (Å²) in [4.78, 5) is 14.1. The van der Waals surface area contributed by atoms with E-state index in [2.05, 4.69) is 19.2 Å². The van der Waals surface area contributed by atoms with Crippen molar-refractivity contribution >= 4 is 5.91 Å². The van der Waals surface area contributed by atoms with Crippen LogP contribution in [0, 0.1) is 11.3 Å². The molecule has 0 aromatic carbocycles. The van der Waals surface area contributed by atoms with Gasteiger partial charge in [-0.05, 0) is 25.3 Å². The van der Waals surface area contributed by atoms with Crippen molar-refractivity contribution in [1.82, 2.24) is 10.2 Å². The minimum absolute atomic E-state index is 0.106. The van der Waals surface area contributed by atoms with Crippen molar-refractivity contribution in [2.45, 2.75) is 33.6 Å². The first-order chi connectivity index (χ1) is 7.02. The molecule has 0 aromatic heterocycles. The monoisotopic (exact) mass is 212 g/mol. The predicted octanol–water partition coefficient (Wildman–Crippen LogP) is 1.49. The molecule has 1 fully saturated rings. The molecule has 1 amide bonds.